The maximum absolute atomic E-state index is 7.21. The van der Waals surface area contributed by atoms with Crippen molar-refractivity contribution in [1.82, 2.24) is 0 Å². The van der Waals surface area contributed by atoms with Gasteiger partial charge >= 0.3 is 0 Å². The summed E-state index contributed by atoms with van der Waals surface area (Å²) in [5.74, 6) is 5.97. The van der Waals surface area contributed by atoms with Gasteiger partial charge in [-0.25, -0.2) is 0 Å². The summed E-state index contributed by atoms with van der Waals surface area (Å²) in [5, 5.41) is 0. The molecule has 9 aromatic carbocycles. The molecular weight excluding hydrogens is 1110 g/mol. The minimum absolute atomic E-state index is 0.139. The molecule has 0 atom stereocenters. The van der Waals surface area contributed by atoms with Crippen LogP contribution in [0, 0.1) is 7.14 Å². The van der Waals surface area contributed by atoms with Gasteiger partial charge in [-0.05, 0) is 200 Å². The SMILES string of the molecule is CCCCc1ccc(N2c3ccccc3B3c4cc5c(cc4Oc4cc(Oc6ccc(I)cc6)cc2c43)Oc2cc(Oc3ccc(I)cc3)cc3c2B5c2ccccc2N3c2ccc(CCCC)cc2)cc1. The van der Waals surface area contributed by atoms with Gasteiger partial charge in [0.1, 0.15) is 46.0 Å². The maximum atomic E-state index is 7.21. The van der Waals surface area contributed by atoms with Crippen molar-refractivity contribution < 1.29 is 18.9 Å². The van der Waals surface area contributed by atoms with Crippen LogP contribution in [0.1, 0.15) is 50.7 Å². The first-order valence-electron chi connectivity index (χ1n) is 25.1. The molecule has 4 aliphatic heterocycles. The molecule has 4 aliphatic rings. The molecule has 72 heavy (non-hydrogen) atoms. The van der Waals surface area contributed by atoms with Crippen LogP contribution in [0.25, 0.3) is 0 Å². The lowest BCUT2D eigenvalue weighted by Crippen LogP contribution is -2.63. The third-order valence-corrected chi connectivity index (χ3v) is 16.0. The zero-order chi connectivity index (χ0) is 48.5. The molecule has 0 aliphatic carbocycles. The zero-order valence-electron chi connectivity index (χ0n) is 40.0. The summed E-state index contributed by atoms with van der Waals surface area (Å²) in [6.07, 6.45) is 6.78. The summed E-state index contributed by atoms with van der Waals surface area (Å²) in [6, 6.07) is 65.3. The number of aryl methyl sites for hydroxylation is 2. The highest BCUT2D eigenvalue weighted by Gasteiger charge is 2.47. The summed E-state index contributed by atoms with van der Waals surface area (Å²) < 4.78 is 30.1. The Labute approximate surface area is 449 Å². The number of rotatable bonds is 12. The van der Waals surface area contributed by atoms with Crippen molar-refractivity contribution in [3.8, 4) is 46.0 Å². The smallest absolute Gasteiger partial charge is 0.256 e. The molecule has 0 spiro atoms. The molecule has 13 rings (SSSR count). The topological polar surface area (TPSA) is 43.4 Å². The van der Waals surface area contributed by atoms with Crippen LogP contribution in [-0.2, 0) is 12.8 Å². The van der Waals surface area contributed by atoms with Gasteiger partial charge in [-0.1, -0.05) is 93.4 Å². The Balaban J connectivity index is 0.986. The van der Waals surface area contributed by atoms with Crippen molar-refractivity contribution in [2.75, 3.05) is 9.80 Å². The summed E-state index contributed by atoms with van der Waals surface area (Å²) in [7, 11) is 0. The molecule has 0 amide bonds. The van der Waals surface area contributed by atoms with Crippen molar-refractivity contribution in [3.63, 3.8) is 0 Å². The molecule has 6 nitrogen and oxygen atoms in total. The molecule has 4 heterocycles. The molecule has 0 radical (unpaired) electrons. The third kappa shape index (κ3) is 8.02. The Morgan fingerprint density at radius 2 is 0.819 bits per heavy atom. The molecule has 0 N–H and O–H groups in total. The van der Waals surface area contributed by atoms with Gasteiger partial charge in [0.2, 0.25) is 0 Å². The van der Waals surface area contributed by atoms with Gasteiger partial charge in [-0.3, -0.25) is 0 Å². The van der Waals surface area contributed by atoms with Crippen LogP contribution in [0.15, 0.2) is 182 Å². The number of unbranched alkanes of at least 4 members (excludes halogenated alkanes) is 2. The van der Waals surface area contributed by atoms with Crippen LogP contribution >= 0.6 is 45.2 Å². The second kappa shape index (κ2) is 18.8. The van der Waals surface area contributed by atoms with E-state index >= 15 is 0 Å². The monoisotopic (exact) mass is 1160 g/mol. The Bertz CT molecular complexity index is 3320. The van der Waals surface area contributed by atoms with Crippen LogP contribution < -0.4 is 61.5 Å². The number of anilines is 6. The molecule has 0 bridgehead atoms. The fourth-order valence-electron chi connectivity index (χ4n) is 11.2. The molecular formula is C62H48B2I2N2O4. The van der Waals surface area contributed by atoms with E-state index in [0.717, 1.165) is 123 Å². The van der Waals surface area contributed by atoms with Crippen molar-refractivity contribution in [1.29, 1.82) is 0 Å². The van der Waals surface area contributed by atoms with Gasteiger partial charge in [-0.2, -0.15) is 0 Å². The van der Waals surface area contributed by atoms with Gasteiger partial charge < -0.3 is 28.7 Å². The fourth-order valence-corrected chi connectivity index (χ4v) is 11.9. The number of hydrogen-bond donors (Lipinski definition) is 0. The number of fused-ring (bicyclic) bond motifs is 8. The lowest BCUT2D eigenvalue weighted by molar-refractivity contribution is 0.451. The fraction of sp³-hybridized carbons (Fsp3) is 0.129. The first kappa shape index (κ1) is 45.2. The minimum atomic E-state index is -0.139. The predicted octanol–water partition coefficient (Wildman–Crippen LogP) is 14.0. The van der Waals surface area contributed by atoms with E-state index in [9.17, 15) is 0 Å². The van der Waals surface area contributed by atoms with Crippen LogP contribution in [0.5, 0.6) is 46.0 Å². The molecule has 0 saturated carbocycles. The first-order valence-corrected chi connectivity index (χ1v) is 27.3. The van der Waals surface area contributed by atoms with Crippen molar-refractivity contribution in [2.24, 2.45) is 0 Å². The lowest BCUT2D eigenvalue weighted by atomic mass is 9.31. The van der Waals surface area contributed by atoms with E-state index in [0.29, 0.717) is 11.5 Å². The Morgan fingerprint density at radius 3 is 1.24 bits per heavy atom. The summed E-state index contributed by atoms with van der Waals surface area (Å²) in [4.78, 5) is 4.79. The quantitative estimate of drug-likeness (QED) is 0.0897. The van der Waals surface area contributed by atoms with Crippen molar-refractivity contribution in [3.05, 3.63) is 200 Å². The maximum Gasteiger partial charge on any atom is 0.256 e. The average molecular weight is 1160 g/mol. The largest absolute Gasteiger partial charge is 0.458 e. The van der Waals surface area contributed by atoms with Crippen LogP contribution in [-0.4, -0.2) is 13.4 Å². The third-order valence-electron chi connectivity index (χ3n) is 14.6. The van der Waals surface area contributed by atoms with E-state index in [4.69, 9.17) is 18.9 Å². The summed E-state index contributed by atoms with van der Waals surface area (Å²) in [6.45, 7) is 4.22. The Hall–Kier alpha value is -6.63. The highest BCUT2D eigenvalue weighted by Crippen LogP contribution is 2.47. The predicted molar refractivity (Wildman–Crippen MR) is 314 cm³/mol. The molecule has 0 aromatic heterocycles. The molecule has 0 saturated heterocycles. The first-order chi connectivity index (χ1) is 35.4. The average Bonchev–Trinajstić information content (AvgIpc) is 3.40. The molecule has 10 heteroatoms. The van der Waals surface area contributed by atoms with E-state index in [1.807, 2.05) is 24.3 Å². The van der Waals surface area contributed by atoms with Gasteiger partial charge in [0.15, 0.2) is 0 Å². The van der Waals surface area contributed by atoms with E-state index < -0.39 is 0 Å². The second-order valence-electron chi connectivity index (χ2n) is 19.1. The molecule has 350 valence electrons. The Kier molecular flexibility index (Phi) is 11.8. The van der Waals surface area contributed by atoms with E-state index in [1.54, 1.807) is 0 Å². The molecule has 9 aromatic rings. The standard InChI is InChI=1S/C62H48B2I2N2O4/c1-3-5-11-39-17-25-43(26-18-39)67-53-15-9-7-13-49(53)63-51-37-52-58(38-57(51)71-59-35-47(33-55(67)61(59)63)69-45-29-21-41(65)22-30-45)72-60-36-48(70-46-31-23-42(66)24-32-46)34-56-62(60)64(52)50-14-8-10-16-54(50)68(56)44-27-19-40(20-28-44)12-6-4-2/h7-10,13-38H,3-6,11-12H2,1-2H3. The van der Waals surface area contributed by atoms with E-state index in [1.165, 1.54) is 34.9 Å². The van der Waals surface area contributed by atoms with Crippen LogP contribution in [0.2, 0.25) is 0 Å². The highest BCUT2D eigenvalue weighted by atomic mass is 127. The number of ether oxygens (including phenoxy) is 4. The van der Waals surface area contributed by atoms with Crippen molar-refractivity contribution in [2.45, 2.75) is 52.4 Å². The highest BCUT2D eigenvalue weighted by molar-refractivity contribution is 14.1. The molecule has 0 unspecified atom stereocenters. The number of nitrogens with zero attached hydrogens (tertiary/aromatic N) is 2. The lowest BCUT2D eigenvalue weighted by Gasteiger charge is -2.42. The van der Waals surface area contributed by atoms with Gasteiger partial charge in [0.25, 0.3) is 13.4 Å². The van der Waals surface area contributed by atoms with E-state index in [2.05, 4.69) is 227 Å². The van der Waals surface area contributed by atoms with Crippen LogP contribution in [0.4, 0.5) is 34.1 Å². The Morgan fingerprint density at radius 1 is 0.403 bits per heavy atom. The number of para-hydroxylation sites is 2. The van der Waals surface area contributed by atoms with E-state index in [-0.39, 0.29) is 13.4 Å². The normalized spacial score (nSPS) is 13.2. The number of halogens is 2. The van der Waals surface area contributed by atoms with Crippen LogP contribution in [0.3, 0.4) is 0 Å². The number of hydrogen-bond acceptors (Lipinski definition) is 6. The van der Waals surface area contributed by atoms with Gasteiger partial charge in [0.05, 0.1) is 0 Å². The van der Waals surface area contributed by atoms with Gasteiger partial charge in [-0.15, -0.1) is 0 Å². The summed E-state index contributed by atoms with van der Waals surface area (Å²) in [5.41, 5.74) is 16.0. The summed E-state index contributed by atoms with van der Waals surface area (Å²) >= 11 is 4.67. The second-order valence-corrected chi connectivity index (χ2v) is 21.6. The molecule has 0 fully saturated rings. The zero-order valence-corrected chi connectivity index (χ0v) is 44.3. The van der Waals surface area contributed by atoms with Crippen molar-refractivity contribution >= 4 is 126 Å². The van der Waals surface area contributed by atoms with Gasteiger partial charge in [0, 0.05) is 71.6 Å². The minimum Gasteiger partial charge on any atom is -0.458 e. The number of benzene rings is 9.